The summed E-state index contributed by atoms with van der Waals surface area (Å²) in [6, 6.07) is 5.26. The van der Waals surface area contributed by atoms with E-state index in [4.69, 9.17) is 34.0 Å². The van der Waals surface area contributed by atoms with Crippen molar-refractivity contribution in [3.05, 3.63) is 33.8 Å². The highest BCUT2D eigenvalue weighted by molar-refractivity contribution is 6.42. The van der Waals surface area contributed by atoms with Crippen LogP contribution >= 0.6 is 23.2 Å². The van der Waals surface area contributed by atoms with Gasteiger partial charge >= 0.3 is 5.97 Å². The van der Waals surface area contributed by atoms with Crippen LogP contribution in [0.1, 0.15) is 31.7 Å². The van der Waals surface area contributed by atoms with Gasteiger partial charge in [-0.15, -0.1) is 0 Å². The molecule has 3 nitrogen and oxygen atoms in total. The van der Waals surface area contributed by atoms with Gasteiger partial charge in [0.1, 0.15) is 0 Å². The van der Waals surface area contributed by atoms with Crippen molar-refractivity contribution in [1.82, 2.24) is 0 Å². The molecule has 2 atom stereocenters. The average molecular weight is 304 g/mol. The van der Waals surface area contributed by atoms with Gasteiger partial charge in [0.2, 0.25) is 0 Å². The molecular weight excluding hydrogens is 285 g/mol. The molecule has 0 aliphatic heterocycles. The van der Waals surface area contributed by atoms with E-state index in [1.165, 1.54) is 0 Å². The molecular formula is C14H19Cl2NO2. The molecule has 0 aliphatic rings. The molecule has 0 fully saturated rings. The quantitative estimate of drug-likeness (QED) is 0.806. The first-order valence-electron chi connectivity index (χ1n) is 6.35. The Kier molecular flexibility index (Phi) is 6.63. The van der Waals surface area contributed by atoms with Gasteiger partial charge in [-0.25, -0.2) is 0 Å². The number of hydrogen-bond donors (Lipinski definition) is 2. The molecule has 0 bridgehead atoms. The summed E-state index contributed by atoms with van der Waals surface area (Å²) in [5, 5.41) is 9.85. The molecule has 0 spiro atoms. The number of rotatable bonds is 7. The molecule has 5 heteroatoms. The number of aryl methyl sites for hydroxylation is 1. The maximum Gasteiger partial charge on any atom is 0.304 e. The predicted molar refractivity (Wildman–Crippen MR) is 78.8 cm³/mol. The lowest BCUT2D eigenvalue weighted by atomic mass is 9.89. The highest BCUT2D eigenvalue weighted by Crippen LogP contribution is 2.25. The first kappa shape index (κ1) is 16.3. The summed E-state index contributed by atoms with van der Waals surface area (Å²) in [6.45, 7) is 2.03. The van der Waals surface area contributed by atoms with Crippen molar-refractivity contribution in [2.75, 3.05) is 0 Å². The van der Waals surface area contributed by atoms with Crippen LogP contribution < -0.4 is 5.73 Å². The van der Waals surface area contributed by atoms with Gasteiger partial charge in [0.05, 0.1) is 16.5 Å². The maximum atomic E-state index is 10.7. The van der Waals surface area contributed by atoms with E-state index >= 15 is 0 Å². The minimum Gasteiger partial charge on any atom is -0.481 e. The van der Waals surface area contributed by atoms with Gasteiger partial charge in [0.25, 0.3) is 0 Å². The molecule has 1 rings (SSSR count). The lowest BCUT2D eigenvalue weighted by Gasteiger charge is -2.21. The number of aliphatic carboxylic acids is 1. The Morgan fingerprint density at radius 3 is 2.58 bits per heavy atom. The van der Waals surface area contributed by atoms with E-state index in [1.54, 1.807) is 6.07 Å². The highest BCUT2D eigenvalue weighted by Gasteiger charge is 2.18. The first-order valence-corrected chi connectivity index (χ1v) is 7.11. The number of benzene rings is 1. The van der Waals surface area contributed by atoms with E-state index < -0.39 is 5.97 Å². The van der Waals surface area contributed by atoms with Crippen LogP contribution in [-0.4, -0.2) is 17.1 Å². The van der Waals surface area contributed by atoms with Crippen LogP contribution in [0.3, 0.4) is 0 Å². The summed E-state index contributed by atoms with van der Waals surface area (Å²) in [7, 11) is 0. The minimum absolute atomic E-state index is 0.0138. The Morgan fingerprint density at radius 2 is 2.05 bits per heavy atom. The zero-order valence-electron chi connectivity index (χ0n) is 10.9. The molecule has 3 N–H and O–H groups in total. The molecule has 0 aromatic heterocycles. The molecule has 2 unspecified atom stereocenters. The number of carboxylic acids is 1. The van der Waals surface area contributed by atoms with E-state index in [2.05, 4.69) is 0 Å². The number of carboxylic acid groups (broad SMARTS) is 1. The maximum absolute atomic E-state index is 10.7. The monoisotopic (exact) mass is 303 g/mol. The van der Waals surface area contributed by atoms with Crippen molar-refractivity contribution in [2.45, 2.75) is 38.6 Å². The zero-order chi connectivity index (χ0) is 14.4. The fourth-order valence-corrected chi connectivity index (χ4v) is 2.46. The van der Waals surface area contributed by atoms with Crippen molar-refractivity contribution in [1.29, 1.82) is 0 Å². The first-order chi connectivity index (χ1) is 8.93. The predicted octanol–water partition coefficient (Wildman–Crippen LogP) is 3.75. The smallest absolute Gasteiger partial charge is 0.304 e. The van der Waals surface area contributed by atoms with Gasteiger partial charge in [-0.3, -0.25) is 4.79 Å². The second-order valence-corrected chi connectivity index (χ2v) is 5.53. The Hall–Kier alpha value is -0.770. The number of nitrogens with two attached hydrogens (primary N) is 1. The lowest BCUT2D eigenvalue weighted by molar-refractivity contribution is -0.137. The summed E-state index contributed by atoms with van der Waals surface area (Å²) >= 11 is 11.8. The van der Waals surface area contributed by atoms with Gasteiger partial charge in [0, 0.05) is 6.04 Å². The van der Waals surface area contributed by atoms with Gasteiger partial charge in [-0.2, -0.15) is 0 Å². The number of carbonyl (C=O) groups is 1. The Morgan fingerprint density at radius 1 is 1.37 bits per heavy atom. The van der Waals surface area contributed by atoms with Crippen LogP contribution in [0, 0.1) is 5.92 Å². The van der Waals surface area contributed by atoms with E-state index in [-0.39, 0.29) is 18.4 Å². The van der Waals surface area contributed by atoms with E-state index in [1.807, 2.05) is 19.1 Å². The standard InChI is InChI=1S/C14H19Cl2NO2/c1-2-10(13(17)8-14(18)19)5-3-9-4-6-11(15)12(16)7-9/h4,6-7,10,13H,2-3,5,8,17H2,1H3,(H,18,19). The van der Waals surface area contributed by atoms with Crippen LogP contribution in [-0.2, 0) is 11.2 Å². The number of halogens is 2. The Balaban J connectivity index is 2.57. The largest absolute Gasteiger partial charge is 0.481 e. The summed E-state index contributed by atoms with van der Waals surface area (Å²) < 4.78 is 0. The Bertz CT molecular complexity index is 437. The normalized spacial score (nSPS) is 14.1. The SMILES string of the molecule is CCC(CCc1ccc(Cl)c(Cl)c1)C(N)CC(=O)O. The second-order valence-electron chi connectivity index (χ2n) is 4.72. The van der Waals surface area contributed by atoms with Crippen molar-refractivity contribution in [3.8, 4) is 0 Å². The van der Waals surface area contributed by atoms with Crippen molar-refractivity contribution < 1.29 is 9.90 Å². The second kappa shape index (κ2) is 7.73. The van der Waals surface area contributed by atoms with Crippen LogP contribution in [0.25, 0.3) is 0 Å². The number of hydrogen-bond acceptors (Lipinski definition) is 2. The van der Waals surface area contributed by atoms with Crippen LogP contribution in [0.2, 0.25) is 10.0 Å². The molecule has 0 saturated carbocycles. The van der Waals surface area contributed by atoms with E-state index in [0.717, 1.165) is 24.8 Å². The van der Waals surface area contributed by atoms with Crippen molar-refractivity contribution >= 4 is 29.2 Å². The summed E-state index contributed by atoms with van der Waals surface area (Å²) in [5.41, 5.74) is 7.01. The topological polar surface area (TPSA) is 63.3 Å². The molecule has 1 aromatic rings. The third kappa shape index (κ3) is 5.39. The van der Waals surface area contributed by atoms with E-state index in [0.29, 0.717) is 10.0 Å². The third-order valence-electron chi connectivity index (χ3n) is 3.33. The van der Waals surface area contributed by atoms with Crippen LogP contribution in [0.4, 0.5) is 0 Å². The average Bonchev–Trinajstić information content (AvgIpc) is 2.33. The summed E-state index contributed by atoms with van der Waals surface area (Å²) in [4.78, 5) is 10.7. The summed E-state index contributed by atoms with van der Waals surface area (Å²) in [5.74, 6) is -0.647. The molecule has 0 amide bonds. The van der Waals surface area contributed by atoms with E-state index in [9.17, 15) is 4.79 Å². The molecule has 19 heavy (non-hydrogen) atoms. The fraction of sp³-hybridized carbons (Fsp3) is 0.500. The fourth-order valence-electron chi connectivity index (χ4n) is 2.14. The van der Waals surface area contributed by atoms with Crippen molar-refractivity contribution in [3.63, 3.8) is 0 Å². The highest BCUT2D eigenvalue weighted by atomic mass is 35.5. The Labute approximate surface area is 123 Å². The molecule has 0 heterocycles. The van der Waals surface area contributed by atoms with Crippen LogP contribution in [0.15, 0.2) is 18.2 Å². The molecule has 0 saturated heterocycles. The molecule has 1 aromatic carbocycles. The van der Waals surface area contributed by atoms with Crippen LogP contribution in [0.5, 0.6) is 0 Å². The van der Waals surface area contributed by atoms with Gasteiger partial charge in [-0.05, 0) is 36.5 Å². The molecule has 106 valence electrons. The zero-order valence-corrected chi connectivity index (χ0v) is 12.4. The van der Waals surface area contributed by atoms with Gasteiger partial charge in [0.15, 0.2) is 0 Å². The minimum atomic E-state index is -0.847. The third-order valence-corrected chi connectivity index (χ3v) is 4.07. The van der Waals surface area contributed by atoms with Gasteiger partial charge in [-0.1, -0.05) is 42.6 Å². The molecule has 0 radical (unpaired) electrons. The summed E-state index contributed by atoms with van der Waals surface area (Å²) in [6.07, 6.45) is 2.56. The van der Waals surface area contributed by atoms with Gasteiger partial charge < -0.3 is 10.8 Å². The lowest BCUT2D eigenvalue weighted by Crippen LogP contribution is -2.32. The molecule has 0 aliphatic carbocycles. The van der Waals surface area contributed by atoms with Crippen molar-refractivity contribution in [2.24, 2.45) is 11.7 Å².